The van der Waals surface area contributed by atoms with Crippen LogP contribution in [0, 0.1) is 5.82 Å². The van der Waals surface area contributed by atoms with Crippen molar-refractivity contribution in [3.05, 3.63) is 58.9 Å². The zero-order chi connectivity index (χ0) is 17.5. The summed E-state index contributed by atoms with van der Waals surface area (Å²) in [4.78, 5) is 11.3. The number of benzene rings is 2. The molecule has 5 heteroatoms. The summed E-state index contributed by atoms with van der Waals surface area (Å²) < 4.78 is 29.4. The molecule has 0 radical (unpaired) electrons. The van der Waals surface area contributed by atoms with E-state index < -0.39 is 6.16 Å². The Labute approximate surface area is 141 Å². The standard InChI is InChI=1S/C19H21FO4/c1-4-13-10-14(5-2)18(11-16(13)20)23-12-15-8-6-7-9-17(15)24-19(21)22-3/h6-11H,4-5,12H2,1-3H3. The Morgan fingerprint density at radius 2 is 1.71 bits per heavy atom. The molecule has 0 unspecified atom stereocenters. The van der Waals surface area contributed by atoms with Crippen molar-refractivity contribution < 1.29 is 23.4 Å². The fourth-order valence-corrected chi connectivity index (χ4v) is 2.34. The van der Waals surface area contributed by atoms with Crippen LogP contribution < -0.4 is 9.47 Å². The zero-order valence-electron chi connectivity index (χ0n) is 14.1. The smallest absolute Gasteiger partial charge is 0.488 e. The van der Waals surface area contributed by atoms with E-state index in [1.807, 2.05) is 26.0 Å². The van der Waals surface area contributed by atoms with Crippen molar-refractivity contribution in [3.8, 4) is 11.5 Å². The molecule has 0 spiro atoms. The molecule has 0 saturated heterocycles. The second kappa shape index (κ2) is 8.34. The third-order valence-corrected chi connectivity index (χ3v) is 3.71. The molecule has 0 amide bonds. The maximum absolute atomic E-state index is 14.0. The third kappa shape index (κ3) is 4.25. The van der Waals surface area contributed by atoms with Gasteiger partial charge in [-0.05, 0) is 36.1 Å². The molecule has 4 nitrogen and oxygen atoms in total. The molecule has 0 fully saturated rings. The van der Waals surface area contributed by atoms with E-state index in [4.69, 9.17) is 9.47 Å². The highest BCUT2D eigenvalue weighted by Crippen LogP contribution is 2.27. The van der Waals surface area contributed by atoms with E-state index in [-0.39, 0.29) is 12.4 Å². The molecule has 24 heavy (non-hydrogen) atoms. The van der Waals surface area contributed by atoms with Crippen molar-refractivity contribution in [1.82, 2.24) is 0 Å². The van der Waals surface area contributed by atoms with E-state index in [2.05, 4.69) is 4.74 Å². The molecule has 0 aliphatic heterocycles. The Morgan fingerprint density at radius 3 is 2.38 bits per heavy atom. The molecule has 0 aliphatic carbocycles. The predicted octanol–water partition coefficient (Wildman–Crippen LogP) is 4.67. The third-order valence-electron chi connectivity index (χ3n) is 3.71. The Bertz CT molecular complexity index is 713. The second-order valence-electron chi connectivity index (χ2n) is 5.21. The first-order valence-electron chi connectivity index (χ1n) is 7.86. The molecule has 0 aliphatic rings. The van der Waals surface area contributed by atoms with Gasteiger partial charge in [-0.25, -0.2) is 9.18 Å². The lowest BCUT2D eigenvalue weighted by molar-refractivity contribution is 0.120. The summed E-state index contributed by atoms with van der Waals surface area (Å²) in [5.74, 6) is 0.580. The van der Waals surface area contributed by atoms with Crippen molar-refractivity contribution in [1.29, 1.82) is 0 Å². The van der Waals surface area contributed by atoms with E-state index in [1.165, 1.54) is 13.2 Å². The van der Waals surface area contributed by atoms with Crippen LogP contribution in [0.15, 0.2) is 36.4 Å². The van der Waals surface area contributed by atoms with Gasteiger partial charge < -0.3 is 14.2 Å². The molecular formula is C19H21FO4. The normalized spacial score (nSPS) is 10.3. The lowest BCUT2D eigenvalue weighted by Gasteiger charge is -2.14. The Balaban J connectivity index is 2.19. The van der Waals surface area contributed by atoms with Gasteiger partial charge >= 0.3 is 6.16 Å². The van der Waals surface area contributed by atoms with Crippen molar-refractivity contribution in [2.75, 3.05) is 7.11 Å². The van der Waals surface area contributed by atoms with Crippen LogP contribution in [-0.4, -0.2) is 13.3 Å². The topological polar surface area (TPSA) is 44.8 Å². The van der Waals surface area contributed by atoms with Gasteiger partial charge in [0, 0.05) is 11.6 Å². The summed E-state index contributed by atoms with van der Waals surface area (Å²) in [6.45, 7) is 4.07. The molecule has 2 rings (SSSR count). The average molecular weight is 332 g/mol. The number of hydrogen-bond acceptors (Lipinski definition) is 4. The number of carbonyl (C=O) groups is 1. The first kappa shape index (κ1) is 17.8. The molecular weight excluding hydrogens is 311 g/mol. The van der Waals surface area contributed by atoms with Crippen LogP contribution in [0.25, 0.3) is 0 Å². The van der Waals surface area contributed by atoms with Gasteiger partial charge in [0.25, 0.3) is 0 Å². The van der Waals surface area contributed by atoms with Gasteiger partial charge in [-0.3, -0.25) is 0 Å². The molecule has 0 aromatic heterocycles. The summed E-state index contributed by atoms with van der Waals surface area (Å²) in [5.41, 5.74) is 2.29. The van der Waals surface area contributed by atoms with E-state index in [1.54, 1.807) is 18.2 Å². The molecule has 0 saturated carbocycles. The quantitative estimate of drug-likeness (QED) is 0.569. The van der Waals surface area contributed by atoms with Crippen LogP contribution in [0.1, 0.15) is 30.5 Å². The van der Waals surface area contributed by atoms with Crippen molar-refractivity contribution in [2.45, 2.75) is 33.3 Å². The minimum absolute atomic E-state index is 0.158. The van der Waals surface area contributed by atoms with Crippen LogP contribution in [0.3, 0.4) is 0 Å². The van der Waals surface area contributed by atoms with E-state index in [9.17, 15) is 9.18 Å². The molecule has 0 heterocycles. The molecule has 0 bridgehead atoms. The van der Waals surface area contributed by atoms with E-state index >= 15 is 0 Å². The van der Waals surface area contributed by atoms with E-state index in [0.29, 0.717) is 29.0 Å². The van der Waals surface area contributed by atoms with E-state index in [0.717, 1.165) is 12.0 Å². The van der Waals surface area contributed by atoms with Gasteiger partial charge in [-0.15, -0.1) is 0 Å². The van der Waals surface area contributed by atoms with Crippen molar-refractivity contribution in [3.63, 3.8) is 0 Å². The first-order valence-corrected chi connectivity index (χ1v) is 7.86. The Kier molecular flexibility index (Phi) is 6.18. The molecule has 0 atom stereocenters. The van der Waals surface area contributed by atoms with Crippen LogP contribution in [0.4, 0.5) is 9.18 Å². The molecule has 2 aromatic rings. The minimum atomic E-state index is -0.796. The fraction of sp³-hybridized carbons (Fsp3) is 0.316. The number of para-hydroxylation sites is 1. The maximum Gasteiger partial charge on any atom is 0.513 e. The summed E-state index contributed by atoms with van der Waals surface area (Å²) in [7, 11) is 1.24. The Hall–Kier alpha value is -2.56. The number of ether oxygens (including phenoxy) is 3. The van der Waals surface area contributed by atoms with Gasteiger partial charge in [0.05, 0.1) is 7.11 Å². The second-order valence-corrected chi connectivity index (χ2v) is 5.21. The lowest BCUT2D eigenvalue weighted by atomic mass is 10.1. The van der Waals surface area contributed by atoms with Gasteiger partial charge in [-0.1, -0.05) is 32.0 Å². The largest absolute Gasteiger partial charge is 0.513 e. The summed E-state index contributed by atoms with van der Waals surface area (Å²) in [5, 5.41) is 0. The lowest BCUT2D eigenvalue weighted by Crippen LogP contribution is -2.10. The van der Waals surface area contributed by atoms with Crippen LogP contribution in [0.2, 0.25) is 0 Å². The predicted molar refractivity (Wildman–Crippen MR) is 89.0 cm³/mol. The van der Waals surface area contributed by atoms with Crippen molar-refractivity contribution in [2.24, 2.45) is 0 Å². The van der Waals surface area contributed by atoms with Crippen LogP contribution >= 0.6 is 0 Å². The minimum Gasteiger partial charge on any atom is -0.488 e. The van der Waals surface area contributed by atoms with Gasteiger partial charge in [0.15, 0.2) is 0 Å². The van der Waals surface area contributed by atoms with Gasteiger partial charge in [0.1, 0.15) is 23.9 Å². The monoisotopic (exact) mass is 332 g/mol. The Morgan fingerprint density at radius 1 is 1.00 bits per heavy atom. The zero-order valence-corrected chi connectivity index (χ0v) is 14.1. The SMILES string of the molecule is CCc1cc(CC)c(OCc2ccccc2OC(=O)OC)cc1F. The maximum atomic E-state index is 14.0. The molecule has 2 aromatic carbocycles. The van der Waals surface area contributed by atoms with Gasteiger partial charge in [0.2, 0.25) is 0 Å². The summed E-state index contributed by atoms with van der Waals surface area (Å²) in [6, 6.07) is 10.2. The number of carbonyl (C=O) groups excluding carboxylic acids is 1. The fourth-order valence-electron chi connectivity index (χ4n) is 2.34. The molecule has 0 N–H and O–H groups in total. The molecule has 128 valence electrons. The highest BCUT2D eigenvalue weighted by molar-refractivity contribution is 5.64. The number of methoxy groups -OCH3 is 1. The summed E-state index contributed by atoms with van der Waals surface area (Å²) in [6.07, 6.45) is 0.577. The highest BCUT2D eigenvalue weighted by atomic mass is 19.1. The van der Waals surface area contributed by atoms with Gasteiger partial charge in [-0.2, -0.15) is 0 Å². The van der Waals surface area contributed by atoms with Crippen LogP contribution in [-0.2, 0) is 24.2 Å². The number of hydrogen-bond donors (Lipinski definition) is 0. The number of aryl methyl sites for hydroxylation is 2. The average Bonchev–Trinajstić information content (AvgIpc) is 2.60. The highest BCUT2D eigenvalue weighted by Gasteiger charge is 2.12. The van der Waals surface area contributed by atoms with Crippen LogP contribution in [0.5, 0.6) is 11.5 Å². The number of halogens is 1. The first-order chi connectivity index (χ1) is 11.6. The summed E-state index contributed by atoms with van der Waals surface area (Å²) >= 11 is 0. The number of rotatable bonds is 6. The van der Waals surface area contributed by atoms with Crippen molar-refractivity contribution >= 4 is 6.16 Å².